The lowest BCUT2D eigenvalue weighted by Crippen LogP contribution is -2.54. The van der Waals surface area contributed by atoms with Crippen molar-refractivity contribution in [2.24, 2.45) is 5.41 Å². The predicted octanol–water partition coefficient (Wildman–Crippen LogP) is 4.02. The van der Waals surface area contributed by atoms with Crippen LogP contribution in [0, 0.1) is 16.7 Å². The number of amides is 1. The zero-order chi connectivity index (χ0) is 22.5. The fourth-order valence-corrected chi connectivity index (χ4v) is 5.87. The average molecular weight is 445 g/mol. The molecule has 0 aliphatic heterocycles. The maximum Gasteiger partial charge on any atom is 0.357 e. The normalized spacial score (nSPS) is 24.7. The van der Waals surface area contributed by atoms with Crippen molar-refractivity contribution in [3.05, 3.63) is 76.1 Å². The monoisotopic (exact) mass is 444 g/mol. The molecule has 1 aromatic carbocycles. The van der Waals surface area contributed by atoms with Crippen LogP contribution in [0.5, 0.6) is 0 Å². The van der Waals surface area contributed by atoms with E-state index in [1.165, 1.54) is 11.3 Å². The van der Waals surface area contributed by atoms with Gasteiger partial charge >= 0.3 is 5.97 Å². The van der Waals surface area contributed by atoms with E-state index in [1.807, 2.05) is 43.3 Å². The maximum absolute atomic E-state index is 13.7. The molecule has 0 saturated carbocycles. The van der Waals surface area contributed by atoms with Crippen molar-refractivity contribution >= 4 is 28.3 Å². The minimum absolute atomic E-state index is 0.163. The van der Waals surface area contributed by atoms with Crippen molar-refractivity contribution in [3.8, 4) is 6.07 Å². The number of nitriles is 1. The molecular formula is C24H20N4O3S. The van der Waals surface area contributed by atoms with Gasteiger partial charge in [-0.05, 0) is 43.0 Å². The van der Waals surface area contributed by atoms with Crippen LogP contribution in [0.1, 0.15) is 59.1 Å². The van der Waals surface area contributed by atoms with Crippen LogP contribution in [-0.4, -0.2) is 28.5 Å². The number of anilines is 1. The SMILES string of the molecule is CCOC(=O)c1csc(NC(=O)C2(C)CC3(C#N)c4ccccc4C2c2cccnc23)n1. The van der Waals surface area contributed by atoms with Crippen molar-refractivity contribution in [3.63, 3.8) is 0 Å². The van der Waals surface area contributed by atoms with E-state index >= 15 is 0 Å². The number of thiazole rings is 1. The number of aromatic nitrogens is 2. The second kappa shape index (κ2) is 7.24. The van der Waals surface area contributed by atoms with E-state index in [0.717, 1.165) is 22.4 Å². The van der Waals surface area contributed by atoms with Gasteiger partial charge < -0.3 is 10.1 Å². The number of carbonyl (C=O) groups excluding carboxylic acids is 2. The third-order valence-corrected chi connectivity index (χ3v) is 7.23. The molecule has 160 valence electrons. The van der Waals surface area contributed by atoms with Gasteiger partial charge in [-0.3, -0.25) is 9.78 Å². The topological polar surface area (TPSA) is 105 Å². The van der Waals surface area contributed by atoms with Crippen molar-refractivity contribution in [2.75, 3.05) is 11.9 Å². The quantitative estimate of drug-likeness (QED) is 0.610. The first-order valence-electron chi connectivity index (χ1n) is 10.3. The second-order valence-electron chi connectivity index (χ2n) is 8.29. The van der Waals surface area contributed by atoms with Crippen LogP contribution in [0.2, 0.25) is 0 Å². The third-order valence-electron chi connectivity index (χ3n) is 6.47. The molecule has 1 N–H and O–H groups in total. The molecule has 3 aliphatic carbocycles. The average Bonchev–Trinajstić information content (AvgIpc) is 3.28. The van der Waals surface area contributed by atoms with Gasteiger partial charge in [-0.15, -0.1) is 11.3 Å². The molecule has 0 spiro atoms. The molecule has 0 saturated heterocycles. The lowest BCUT2D eigenvalue weighted by molar-refractivity contribution is -0.127. The van der Waals surface area contributed by atoms with Crippen LogP contribution in [-0.2, 0) is 14.9 Å². The Kier molecular flexibility index (Phi) is 4.60. The zero-order valence-corrected chi connectivity index (χ0v) is 18.4. The van der Waals surface area contributed by atoms with Gasteiger partial charge in [0.2, 0.25) is 5.91 Å². The number of ether oxygens (including phenoxy) is 1. The number of pyridine rings is 1. The van der Waals surface area contributed by atoms with E-state index in [0.29, 0.717) is 11.6 Å². The molecule has 2 aromatic heterocycles. The van der Waals surface area contributed by atoms with Crippen LogP contribution < -0.4 is 5.32 Å². The van der Waals surface area contributed by atoms with E-state index in [-0.39, 0.29) is 24.1 Å². The number of rotatable bonds is 4. The summed E-state index contributed by atoms with van der Waals surface area (Å²) in [7, 11) is 0. The summed E-state index contributed by atoms with van der Waals surface area (Å²) in [6.45, 7) is 3.87. The minimum Gasteiger partial charge on any atom is -0.461 e. The highest BCUT2D eigenvalue weighted by Crippen LogP contribution is 2.63. The smallest absolute Gasteiger partial charge is 0.357 e. The van der Waals surface area contributed by atoms with E-state index in [9.17, 15) is 14.9 Å². The molecular weight excluding hydrogens is 424 g/mol. The van der Waals surface area contributed by atoms with Crippen LogP contribution in [0.25, 0.3) is 0 Å². The second-order valence-corrected chi connectivity index (χ2v) is 9.14. The molecule has 6 rings (SSSR count). The van der Waals surface area contributed by atoms with Gasteiger partial charge in [-0.25, -0.2) is 9.78 Å². The number of nitrogens with zero attached hydrogens (tertiary/aromatic N) is 3. The molecule has 2 bridgehead atoms. The molecule has 0 radical (unpaired) electrons. The third kappa shape index (κ3) is 2.71. The minimum atomic E-state index is -1.01. The number of hydrogen-bond acceptors (Lipinski definition) is 7. The highest BCUT2D eigenvalue weighted by atomic mass is 32.1. The molecule has 32 heavy (non-hydrogen) atoms. The number of fused-ring (bicyclic) bond motifs is 1. The Morgan fingerprint density at radius 3 is 2.84 bits per heavy atom. The molecule has 3 atom stereocenters. The summed E-state index contributed by atoms with van der Waals surface area (Å²) in [4.78, 5) is 34.4. The van der Waals surface area contributed by atoms with Crippen LogP contribution in [0.3, 0.4) is 0 Å². The van der Waals surface area contributed by atoms with E-state index in [4.69, 9.17) is 4.74 Å². The predicted molar refractivity (Wildman–Crippen MR) is 118 cm³/mol. The van der Waals surface area contributed by atoms with E-state index in [1.54, 1.807) is 18.5 Å². The molecule has 2 heterocycles. The summed E-state index contributed by atoms with van der Waals surface area (Å²) in [5, 5.41) is 15.2. The van der Waals surface area contributed by atoms with Crippen molar-refractivity contribution in [1.82, 2.24) is 9.97 Å². The first-order valence-corrected chi connectivity index (χ1v) is 11.2. The summed E-state index contributed by atoms with van der Waals surface area (Å²) in [6.07, 6.45) is 2.01. The number of hydrogen-bond donors (Lipinski definition) is 1. The number of esters is 1. The van der Waals surface area contributed by atoms with Gasteiger partial charge in [0.05, 0.1) is 23.8 Å². The van der Waals surface area contributed by atoms with Crippen molar-refractivity contribution in [1.29, 1.82) is 5.26 Å². The maximum atomic E-state index is 13.7. The van der Waals surface area contributed by atoms with Gasteiger partial charge in [0.25, 0.3) is 0 Å². The molecule has 1 amide bonds. The first-order chi connectivity index (χ1) is 15.4. The molecule has 3 aliphatic rings. The summed E-state index contributed by atoms with van der Waals surface area (Å²) in [6, 6.07) is 14.1. The van der Waals surface area contributed by atoms with Gasteiger partial charge in [0.1, 0.15) is 5.41 Å². The van der Waals surface area contributed by atoms with Gasteiger partial charge in [-0.1, -0.05) is 30.3 Å². The first kappa shape index (κ1) is 20.3. The van der Waals surface area contributed by atoms with E-state index in [2.05, 4.69) is 21.4 Å². The molecule has 3 aromatic rings. The Morgan fingerprint density at radius 2 is 2.06 bits per heavy atom. The molecule has 3 unspecified atom stereocenters. The van der Waals surface area contributed by atoms with Crippen LogP contribution in [0.15, 0.2) is 48.0 Å². The fraction of sp³-hybridized carbons (Fsp3) is 0.292. The number of nitrogens with one attached hydrogen (secondary N) is 1. The Labute approximate surface area is 189 Å². The summed E-state index contributed by atoms with van der Waals surface area (Å²) < 4.78 is 4.98. The summed E-state index contributed by atoms with van der Waals surface area (Å²) >= 11 is 1.17. The van der Waals surface area contributed by atoms with Crippen molar-refractivity contribution in [2.45, 2.75) is 31.6 Å². The Hall–Kier alpha value is -3.57. The molecule has 7 nitrogen and oxygen atoms in total. The van der Waals surface area contributed by atoms with Crippen LogP contribution >= 0.6 is 11.3 Å². The van der Waals surface area contributed by atoms with Gasteiger partial charge in [0.15, 0.2) is 10.8 Å². The van der Waals surface area contributed by atoms with Crippen LogP contribution in [0.4, 0.5) is 5.13 Å². The highest BCUT2D eigenvalue weighted by molar-refractivity contribution is 7.14. The summed E-state index contributed by atoms with van der Waals surface area (Å²) in [5.74, 6) is -1.01. The standard InChI is InChI=1S/C24H20N4O3S/c1-3-31-20(29)17-11-32-22(27-17)28-21(30)23(2)12-24(13-25)16-9-5-4-7-14(16)18(23)15-8-6-10-26-19(15)24/h4-11,18H,3,12H2,1-2H3,(H,27,28,30). The number of benzene rings is 1. The largest absolute Gasteiger partial charge is 0.461 e. The van der Waals surface area contributed by atoms with Gasteiger partial charge in [0, 0.05) is 17.5 Å². The Balaban J connectivity index is 1.57. The van der Waals surface area contributed by atoms with Gasteiger partial charge in [-0.2, -0.15) is 5.26 Å². The highest BCUT2D eigenvalue weighted by Gasteiger charge is 2.61. The fourth-order valence-electron chi connectivity index (χ4n) is 5.19. The molecule has 0 fully saturated rings. The number of carbonyl (C=O) groups is 2. The zero-order valence-electron chi connectivity index (χ0n) is 17.6. The van der Waals surface area contributed by atoms with Crippen molar-refractivity contribution < 1.29 is 14.3 Å². The lowest BCUT2D eigenvalue weighted by atomic mass is 9.48. The summed E-state index contributed by atoms with van der Waals surface area (Å²) in [5.41, 5.74) is 1.78. The molecule has 8 heteroatoms. The Morgan fingerprint density at radius 1 is 1.28 bits per heavy atom. The van der Waals surface area contributed by atoms with E-state index < -0.39 is 16.8 Å². The lowest BCUT2D eigenvalue weighted by Gasteiger charge is -2.53. The Bertz CT molecular complexity index is 1250.